The zero-order valence-electron chi connectivity index (χ0n) is 22.3. The lowest BCUT2D eigenvalue weighted by atomic mass is 9.32. The maximum absolute atomic E-state index is 13.3. The molecule has 0 aromatic carbocycles. The van der Waals surface area contributed by atoms with Crippen LogP contribution in [-0.4, -0.2) is 23.0 Å². The van der Waals surface area contributed by atoms with Crippen LogP contribution in [0.25, 0.3) is 0 Å². The molecule has 6 rings (SSSR count). The third-order valence-corrected chi connectivity index (χ3v) is 13.4. The molecule has 4 heteroatoms. The first-order chi connectivity index (χ1) is 15.7. The number of ether oxygens (including phenoxy) is 1. The topological polar surface area (TPSA) is 63.6 Å². The molecule has 4 nitrogen and oxygen atoms in total. The largest absolute Gasteiger partial charge is 0.505 e. The van der Waals surface area contributed by atoms with E-state index in [0.29, 0.717) is 17.8 Å². The monoisotopic (exact) mass is 468 g/mol. The van der Waals surface area contributed by atoms with Gasteiger partial charge in [-0.05, 0) is 91.4 Å². The highest BCUT2D eigenvalue weighted by Gasteiger charge is 2.75. The Balaban J connectivity index is 1.45. The molecule has 0 radical (unpaired) electrons. The van der Waals surface area contributed by atoms with Crippen LogP contribution < -0.4 is 0 Å². The number of ketones is 1. The van der Waals surface area contributed by atoms with Gasteiger partial charge in [0.2, 0.25) is 5.78 Å². The molecule has 0 aromatic rings. The lowest BCUT2D eigenvalue weighted by molar-refractivity contribution is -0.227. The molecule has 0 amide bonds. The van der Waals surface area contributed by atoms with Crippen LogP contribution in [-0.2, 0) is 14.3 Å². The van der Waals surface area contributed by atoms with Gasteiger partial charge in [-0.1, -0.05) is 48.5 Å². The SMILES string of the molecule is CC1(C)C(=O)C(O)=C[C@@]2(C)C1CC[C@]1(C)C2CCC2[C@H]3[C@H]4OC(=O)[C@@]3(CCC4(C)C)CC[C@]21C. The number of aliphatic hydroxyl groups is 1. The van der Waals surface area contributed by atoms with Gasteiger partial charge in [-0.15, -0.1) is 0 Å². The number of Topliss-reactive ketones (excluding diaryl/α,β-unsaturated/α-hetero) is 1. The minimum atomic E-state index is -0.532. The summed E-state index contributed by atoms with van der Waals surface area (Å²) in [4.78, 5) is 26.3. The molecule has 6 aliphatic rings. The average Bonchev–Trinajstić information content (AvgIpc) is 3.00. The van der Waals surface area contributed by atoms with Crippen LogP contribution >= 0.6 is 0 Å². The van der Waals surface area contributed by atoms with Gasteiger partial charge >= 0.3 is 5.97 Å². The van der Waals surface area contributed by atoms with Crippen molar-refractivity contribution >= 4 is 11.8 Å². The van der Waals surface area contributed by atoms with Gasteiger partial charge in [0.05, 0.1) is 5.41 Å². The summed E-state index contributed by atoms with van der Waals surface area (Å²) in [6.45, 7) is 16.1. The molecule has 1 N–H and O–H groups in total. The van der Waals surface area contributed by atoms with Crippen LogP contribution in [0.5, 0.6) is 0 Å². The third-order valence-electron chi connectivity index (χ3n) is 13.4. The number of aliphatic hydroxyl groups excluding tert-OH is 1. The lowest BCUT2D eigenvalue weighted by Gasteiger charge is -2.71. The van der Waals surface area contributed by atoms with Crippen molar-refractivity contribution in [3.8, 4) is 0 Å². The van der Waals surface area contributed by atoms with E-state index in [0.717, 1.165) is 51.4 Å². The van der Waals surface area contributed by atoms with E-state index in [1.165, 1.54) is 0 Å². The highest BCUT2D eigenvalue weighted by molar-refractivity contribution is 5.98. The number of carbonyl (C=O) groups excluding carboxylic acids is 2. The average molecular weight is 469 g/mol. The van der Waals surface area contributed by atoms with Gasteiger partial charge in [-0.3, -0.25) is 9.59 Å². The van der Waals surface area contributed by atoms with E-state index in [2.05, 4.69) is 34.6 Å². The molecule has 4 saturated carbocycles. The third kappa shape index (κ3) is 2.33. The van der Waals surface area contributed by atoms with Crippen LogP contribution in [0.1, 0.15) is 99.8 Å². The van der Waals surface area contributed by atoms with Crippen molar-refractivity contribution in [2.24, 2.45) is 56.2 Å². The fourth-order valence-electron chi connectivity index (χ4n) is 11.3. The van der Waals surface area contributed by atoms with E-state index in [9.17, 15) is 14.7 Å². The Bertz CT molecular complexity index is 1010. The highest BCUT2D eigenvalue weighted by atomic mass is 16.6. The van der Waals surface area contributed by atoms with Crippen LogP contribution in [0.2, 0.25) is 0 Å². The normalized spacial score (nSPS) is 54.7. The quantitative estimate of drug-likeness (QED) is 0.405. The number of rotatable bonds is 0. The van der Waals surface area contributed by atoms with Gasteiger partial charge in [0.25, 0.3) is 0 Å². The van der Waals surface area contributed by atoms with Crippen molar-refractivity contribution < 1.29 is 19.4 Å². The summed E-state index contributed by atoms with van der Waals surface area (Å²) in [5, 5.41) is 10.8. The molecule has 34 heavy (non-hydrogen) atoms. The first-order valence-electron chi connectivity index (χ1n) is 13.8. The first kappa shape index (κ1) is 23.1. The van der Waals surface area contributed by atoms with Gasteiger partial charge in [-0.25, -0.2) is 0 Å². The summed E-state index contributed by atoms with van der Waals surface area (Å²) in [5.41, 5.74) is -0.688. The molecule has 2 bridgehead atoms. The van der Waals surface area contributed by atoms with E-state index >= 15 is 0 Å². The number of esters is 1. The second-order valence-electron chi connectivity index (χ2n) is 15.1. The zero-order valence-corrected chi connectivity index (χ0v) is 22.3. The molecule has 0 spiro atoms. The number of fused-ring (bicyclic) bond motifs is 5. The van der Waals surface area contributed by atoms with Crippen molar-refractivity contribution in [3.05, 3.63) is 11.8 Å². The second kappa shape index (κ2) is 6.32. The summed E-state index contributed by atoms with van der Waals surface area (Å²) in [7, 11) is 0. The molecule has 5 aliphatic carbocycles. The molecule has 3 unspecified atom stereocenters. The number of hydrogen-bond donors (Lipinski definition) is 1. The molecule has 188 valence electrons. The molecular weight excluding hydrogens is 424 g/mol. The van der Waals surface area contributed by atoms with Crippen molar-refractivity contribution in [3.63, 3.8) is 0 Å². The fraction of sp³-hybridized carbons (Fsp3) is 0.867. The second-order valence-corrected chi connectivity index (χ2v) is 15.1. The first-order valence-corrected chi connectivity index (χ1v) is 13.8. The van der Waals surface area contributed by atoms with Crippen molar-refractivity contribution in [1.29, 1.82) is 0 Å². The summed E-state index contributed by atoms with van der Waals surface area (Å²) in [5.74, 6) is 1.50. The molecule has 1 saturated heterocycles. The van der Waals surface area contributed by atoms with Gasteiger partial charge in [0, 0.05) is 16.7 Å². The summed E-state index contributed by atoms with van der Waals surface area (Å²) in [6, 6.07) is 0. The molecule has 5 fully saturated rings. The van der Waals surface area contributed by atoms with E-state index < -0.39 is 5.41 Å². The maximum Gasteiger partial charge on any atom is 0.312 e. The molecular formula is C30H44O4. The Morgan fingerprint density at radius 3 is 2.21 bits per heavy atom. The molecule has 1 heterocycles. The predicted molar refractivity (Wildman–Crippen MR) is 131 cm³/mol. The number of hydrogen-bond acceptors (Lipinski definition) is 4. The summed E-state index contributed by atoms with van der Waals surface area (Å²) >= 11 is 0. The van der Waals surface area contributed by atoms with Crippen LogP contribution in [0.4, 0.5) is 0 Å². The van der Waals surface area contributed by atoms with E-state index in [1.54, 1.807) is 0 Å². The Labute approximate surface area is 205 Å². The van der Waals surface area contributed by atoms with Gasteiger partial charge in [0.1, 0.15) is 6.10 Å². The minimum absolute atomic E-state index is 0.0195. The van der Waals surface area contributed by atoms with Gasteiger partial charge < -0.3 is 9.84 Å². The number of allylic oxidation sites excluding steroid dienone is 2. The summed E-state index contributed by atoms with van der Waals surface area (Å²) < 4.78 is 6.24. The van der Waals surface area contributed by atoms with E-state index in [-0.39, 0.29) is 56.6 Å². The summed E-state index contributed by atoms with van der Waals surface area (Å²) in [6.07, 6.45) is 10.5. The Morgan fingerprint density at radius 2 is 1.50 bits per heavy atom. The van der Waals surface area contributed by atoms with Crippen LogP contribution in [0, 0.1) is 56.2 Å². The van der Waals surface area contributed by atoms with Crippen molar-refractivity contribution in [1.82, 2.24) is 0 Å². The van der Waals surface area contributed by atoms with Crippen molar-refractivity contribution in [2.45, 2.75) is 106 Å². The minimum Gasteiger partial charge on any atom is -0.505 e. The molecule has 9 atom stereocenters. The highest BCUT2D eigenvalue weighted by Crippen LogP contribution is 2.77. The van der Waals surface area contributed by atoms with Crippen LogP contribution in [0.3, 0.4) is 0 Å². The van der Waals surface area contributed by atoms with Gasteiger partial charge in [-0.2, -0.15) is 0 Å². The van der Waals surface area contributed by atoms with E-state index in [1.807, 2.05) is 19.9 Å². The van der Waals surface area contributed by atoms with Crippen molar-refractivity contribution in [2.75, 3.05) is 0 Å². The van der Waals surface area contributed by atoms with Gasteiger partial charge in [0.15, 0.2) is 5.76 Å². The maximum atomic E-state index is 13.3. The lowest BCUT2D eigenvalue weighted by Crippen LogP contribution is -2.67. The molecule has 1 aliphatic heterocycles. The smallest absolute Gasteiger partial charge is 0.312 e. The predicted octanol–water partition coefficient (Wildman–Crippen LogP) is 6.63. The van der Waals surface area contributed by atoms with E-state index in [4.69, 9.17) is 4.74 Å². The van der Waals surface area contributed by atoms with Crippen LogP contribution in [0.15, 0.2) is 11.8 Å². The fourth-order valence-corrected chi connectivity index (χ4v) is 11.3. The number of carbonyl (C=O) groups is 2. The zero-order chi connectivity index (χ0) is 24.7. The standard InChI is InChI=1S/C30H44O4/c1-25(2)12-14-30-15-13-28(6)17(21(30)23(25)34-24(30)33)8-9-20-27(5)16-18(31)22(32)26(3,4)19(27)10-11-29(20,28)7/h16-17,19-21,23,31H,8-15H2,1-7H3/t17?,19?,20?,21-,23+,27-,28+,29+,30-/m0/s1. The molecule has 0 aromatic heterocycles. The Hall–Kier alpha value is -1.32. The Kier molecular flexibility index (Phi) is 4.30. The Morgan fingerprint density at radius 1 is 0.824 bits per heavy atom.